The number of carbonyl (C=O) groups excluding carboxylic acids is 2. The van der Waals surface area contributed by atoms with E-state index in [4.69, 9.17) is 4.74 Å². The molecular weight excluding hydrogens is 971 g/mol. The van der Waals surface area contributed by atoms with E-state index in [2.05, 4.69) is 67.8 Å². The summed E-state index contributed by atoms with van der Waals surface area (Å²) in [5, 5.41) is 23.4. The maximum Gasteiger partial charge on any atom is 0.305 e. The second kappa shape index (κ2) is 68.3. The highest BCUT2D eigenvalue weighted by molar-refractivity contribution is 5.76. The first kappa shape index (κ1) is 76.8. The van der Waals surface area contributed by atoms with Gasteiger partial charge in [0, 0.05) is 12.8 Å². The molecule has 0 saturated heterocycles. The lowest BCUT2D eigenvalue weighted by molar-refractivity contribution is -0.143. The summed E-state index contributed by atoms with van der Waals surface area (Å²) in [6.45, 7) is 4.95. The van der Waals surface area contributed by atoms with Gasteiger partial charge in [-0.1, -0.05) is 326 Å². The Hall–Kier alpha value is -2.18. The molecule has 79 heavy (non-hydrogen) atoms. The summed E-state index contributed by atoms with van der Waals surface area (Å²) >= 11 is 0. The topological polar surface area (TPSA) is 95.9 Å². The Morgan fingerprint density at radius 3 is 0.987 bits per heavy atom. The Balaban J connectivity index is 3.42. The average Bonchev–Trinajstić information content (AvgIpc) is 3.45. The molecule has 1 amide bonds. The summed E-state index contributed by atoms with van der Waals surface area (Å²) in [6.07, 6.45) is 88.6. The molecule has 0 aromatic rings. The van der Waals surface area contributed by atoms with Crippen LogP contribution in [-0.4, -0.2) is 47.4 Å². The predicted octanol–water partition coefficient (Wildman–Crippen LogP) is 22.9. The molecule has 3 N–H and O–H groups in total. The van der Waals surface area contributed by atoms with Gasteiger partial charge < -0.3 is 20.3 Å². The third kappa shape index (κ3) is 64.8. The molecule has 464 valence electrons. The molecule has 6 nitrogen and oxygen atoms in total. The van der Waals surface area contributed by atoms with Crippen molar-refractivity contribution in [2.75, 3.05) is 13.2 Å². The molecule has 0 aromatic heterocycles. The third-order valence-corrected chi connectivity index (χ3v) is 16.4. The molecule has 0 fully saturated rings. The Labute approximate surface area is 493 Å². The Bertz CT molecular complexity index is 1320. The largest absolute Gasteiger partial charge is 0.466 e. The first-order chi connectivity index (χ1) is 39.0. The van der Waals surface area contributed by atoms with Crippen LogP contribution in [0.25, 0.3) is 0 Å². The highest BCUT2D eigenvalue weighted by atomic mass is 16.5. The van der Waals surface area contributed by atoms with E-state index >= 15 is 0 Å². The van der Waals surface area contributed by atoms with Crippen LogP contribution in [0.5, 0.6) is 0 Å². The SMILES string of the molecule is CCCCC/C=C\C/C=C\CCCCCCCCCC(=O)OCCCCCCCCCCC/C=C\C/C=C\CCCCCCCCCCCCCC(=O)NC(CO)C(O)CCCCCCCCCCCCCCCCCCCC. The van der Waals surface area contributed by atoms with Crippen LogP contribution in [0.3, 0.4) is 0 Å². The molecule has 0 aliphatic carbocycles. The molecule has 0 spiro atoms. The van der Waals surface area contributed by atoms with Crippen molar-refractivity contribution in [3.8, 4) is 0 Å². The van der Waals surface area contributed by atoms with Crippen molar-refractivity contribution in [2.45, 2.75) is 392 Å². The minimum absolute atomic E-state index is 0.00309. The molecule has 0 saturated carbocycles. The van der Waals surface area contributed by atoms with Crippen molar-refractivity contribution < 1.29 is 24.5 Å². The van der Waals surface area contributed by atoms with Gasteiger partial charge in [0.25, 0.3) is 0 Å². The first-order valence-electron chi connectivity index (χ1n) is 35.4. The van der Waals surface area contributed by atoms with E-state index in [-0.39, 0.29) is 18.5 Å². The number of aliphatic hydroxyl groups excluding tert-OH is 2. The highest BCUT2D eigenvalue weighted by Crippen LogP contribution is 2.18. The predicted molar refractivity (Wildman–Crippen MR) is 347 cm³/mol. The van der Waals surface area contributed by atoms with Crippen LogP contribution in [0.2, 0.25) is 0 Å². The van der Waals surface area contributed by atoms with Crippen molar-refractivity contribution in [3.63, 3.8) is 0 Å². The van der Waals surface area contributed by atoms with Gasteiger partial charge in [0.2, 0.25) is 5.91 Å². The Morgan fingerprint density at radius 1 is 0.354 bits per heavy atom. The number of aliphatic hydroxyl groups is 2. The number of rotatable bonds is 66. The quantitative estimate of drug-likeness (QED) is 0.0320. The van der Waals surface area contributed by atoms with Crippen LogP contribution in [0.15, 0.2) is 48.6 Å². The summed E-state index contributed by atoms with van der Waals surface area (Å²) < 4.78 is 5.49. The number of hydrogen-bond acceptors (Lipinski definition) is 5. The fourth-order valence-electron chi connectivity index (χ4n) is 10.9. The van der Waals surface area contributed by atoms with E-state index in [1.807, 2.05) is 0 Å². The second-order valence-electron chi connectivity index (χ2n) is 24.2. The monoisotopic (exact) mass is 1110 g/mol. The molecule has 0 rings (SSSR count). The summed E-state index contributed by atoms with van der Waals surface area (Å²) in [5.74, 6) is -0.0323. The maximum absolute atomic E-state index is 12.5. The van der Waals surface area contributed by atoms with Crippen LogP contribution in [0.4, 0.5) is 0 Å². The van der Waals surface area contributed by atoms with Gasteiger partial charge in [-0.15, -0.1) is 0 Å². The fourth-order valence-corrected chi connectivity index (χ4v) is 10.9. The van der Waals surface area contributed by atoms with Gasteiger partial charge in [0.15, 0.2) is 0 Å². The number of ether oxygens (including phenoxy) is 1. The van der Waals surface area contributed by atoms with Crippen molar-refractivity contribution in [1.82, 2.24) is 5.32 Å². The molecule has 2 unspecified atom stereocenters. The molecule has 0 heterocycles. The van der Waals surface area contributed by atoms with Crippen molar-refractivity contribution >= 4 is 11.9 Å². The molecule has 0 aromatic carbocycles. The standard InChI is InChI=1S/C73H137NO5/c1-3-5-7-9-11-13-15-17-19-21-34-37-41-45-49-53-57-61-65-71(76)70(69-75)74-72(77)66-62-58-54-50-46-42-38-35-31-29-27-25-23-22-24-26-28-30-32-36-40-44-48-52-56-60-64-68-79-73(78)67-63-59-55-51-47-43-39-33-20-18-16-14-12-10-8-6-4-2/h12,14,18,20,22-23,26,28,70-71,75-76H,3-11,13,15-17,19,21,24-25,27,29-69H2,1-2H3,(H,74,77)/b14-12-,20-18-,23-22-,28-26-. The van der Waals surface area contributed by atoms with Gasteiger partial charge in [-0.05, 0) is 89.9 Å². The lowest BCUT2D eigenvalue weighted by Gasteiger charge is -2.22. The maximum atomic E-state index is 12.5. The van der Waals surface area contributed by atoms with E-state index < -0.39 is 12.1 Å². The fraction of sp³-hybridized carbons (Fsp3) is 0.863. The number of amides is 1. The number of allylic oxidation sites excluding steroid dienone is 8. The van der Waals surface area contributed by atoms with E-state index in [9.17, 15) is 19.8 Å². The van der Waals surface area contributed by atoms with Crippen LogP contribution in [-0.2, 0) is 14.3 Å². The van der Waals surface area contributed by atoms with Gasteiger partial charge >= 0.3 is 5.97 Å². The smallest absolute Gasteiger partial charge is 0.305 e. The summed E-state index contributed by atoms with van der Waals surface area (Å²) in [7, 11) is 0. The van der Waals surface area contributed by atoms with Gasteiger partial charge in [0.05, 0.1) is 25.4 Å². The van der Waals surface area contributed by atoms with Crippen LogP contribution in [0, 0.1) is 0 Å². The number of unbranched alkanes of at least 4 members (excludes halogenated alkanes) is 47. The number of esters is 1. The van der Waals surface area contributed by atoms with Gasteiger partial charge in [0.1, 0.15) is 0 Å². The highest BCUT2D eigenvalue weighted by Gasteiger charge is 2.20. The zero-order valence-electron chi connectivity index (χ0n) is 53.1. The summed E-state index contributed by atoms with van der Waals surface area (Å²) in [6, 6.07) is -0.545. The zero-order valence-corrected chi connectivity index (χ0v) is 53.1. The molecule has 0 bridgehead atoms. The molecule has 0 aliphatic rings. The van der Waals surface area contributed by atoms with Crippen molar-refractivity contribution in [3.05, 3.63) is 48.6 Å². The lowest BCUT2D eigenvalue weighted by Crippen LogP contribution is -2.45. The van der Waals surface area contributed by atoms with Gasteiger partial charge in [-0.2, -0.15) is 0 Å². The number of carbonyl (C=O) groups is 2. The van der Waals surface area contributed by atoms with Gasteiger partial charge in [-0.3, -0.25) is 9.59 Å². The minimum Gasteiger partial charge on any atom is -0.466 e. The number of nitrogens with one attached hydrogen (secondary N) is 1. The van der Waals surface area contributed by atoms with Crippen molar-refractivity contribution in [1.29, 1.82) is 0 Å². The van der Waals surface area contributed by atoms with E-state index in [0.29, 0.717) is 25.9 Å². The third-order valence-electron chi connectivity index (χ3n) is 16.4. The molecular formula is C73H137NO5. The summed E-state index contributed by atoms with van der Waals surface area (Å²) in [4.78, 5) is 24.6. The average molecular weight is 1110 g/mol. The molecule has 2 atom stereocenters. The van der Waals surface area contributed by atoms with Crippen molar-refractivity contribution in [2.24, 2.45) is 0 Å². The van der Waals surface area contributed by atoms with E-state index in [0.717, 1.165) is 57.8 Å². The first-order valence-corrected chi connectivity index (χ1v) is 35.4. The van der Waals surface area contributed by atoms with E-state index in [1.165, 1.54) is 289 Å². The summed E-state index contributed by atoms with van der Waals surface area (Å²) in [5.41, 5.74) is 0. The molecule has 0 aliphatic heterocycles. The van der Waals surface area contributed by atoms with Crippen LogP contribution >= 0.6 is 0 Å². The molecule has 0 radical (unpaired) electrons. The normalized spacial score (nSPS) is 12.8. The zero-order chi connectivity index (χ0) is 57.1. The minimum atomic E-state index is -0.668. The van der Waals surface area contributed by atoms with E-state index in [1.54, 1.807) is 0 Å². The molecule has 6 heteroatoms. The van der Waals surface area contributed by atoms with Crippen LogP contribution in [0.1, 0.15) is 380 Å². The van der Waals surface area contributed by atoms with Gasteiger partial charge in [-0.25, -0.2) is 0 Å². The Morgan fingerprint density at radius 2 is 0.633 bits per heavy atom. The Kier molecular flexibility index (Phi) is 66.4. The second-order valence-corrected chi connectivity index (χ2v) is 24.2. The number of hydrogen-bond donors (Lipinski definition) is 3. The van der Waals surface area contributed by atoms with Crippen LogP contribution < -0.4 is 5.32 Å². The lowest BCUT2D eigenvalue weighted by atomic mass is 10.0.